The topological polar surface area (TPSA) is 85.2 Å². The number of hydrogen-bond donors (Lipinski definition) is 2. The molecule has 27 heavy (non-hydrogen) atoms. The van der Waals surface area contributed by atoms with Crippen molar-refractivity contribution in [3.8, 4) is 11.4 Å². The summed E-state index contributed by atoms with van der Waals surface area (Å²) in [7, 11) is 0. The van der Waals surface area contributed by atoms with Crippen LogP contribution in [0, 0.1) is 0 Å². The van der Waals surface area contributed by atoms with Crippen molar-refractivity contribution in [3.63, 3.8) is 0 Å². The van der Waals surface area contributed by atoms with Gasteiger partial charge in [0.05, 0.1) is 18.1 Å². The van der Waals surface area contributed by atoms with Crippen LogP contribution in [-0.4, -0.2) is 28.0 Å². The van der Waals surface area contributed by atoms with Crippen LogP contribution in [0.5, 0.6) is 5.75 Å². The number of aromatic nitrogens is 2. The van der Waals surface area contributed by atoms with Gasteiger partial charge >= 0.3 is 0 Å². The van der Waals surface area contributed by atoms with E-state index in [-0.39, 0.29) is 24.5 Å². The van der Waals surface area contributed by atoms with Gasteiger partial charge in [-0.15, -0.1) is 0 Å². The van der Waals surface area contributed by atoms with Gasteiger partial charge in [-0.05, 0) is 42.8 Å². The zero-order chi connectivity index (χ0) is 18.8. The highest BCUT2D eigenvalue weighted by molar-refractivity contribution is 5.99. The lowest BCUT2D eigenvalue weighted by Crippen LogP contribution is -2.28. The molecule has 1 atom stereocenters. The van der Waals surface area contributed by atoms with E-state index in [9.17, 15) is 9.59 Å². The van der Waals surface area contributed by atoms with Crippen LogP contribution in [0.4, 0.5) is 5.69 Å². The molecule has 4 rings (SSSR count). The number of nitrogens with zero attached hydrogens (tertiary/aromatic N) is 2. The van der Waals surface area contributed by atoms with Crippen molar-refractivity contribution in [2.75, 3.05) is 11.9 Å². The van der Waals surface area contributed by atoms with Crippen molar-refractivity contribution in [2.45, 2.75) is 13.0 Å². The van der Waals surface area contributed by atoms with E-state index >= 15 is 0 Å². The van der Waals surface area contributed by atoms with Crippen molar-refractivity contribution in [1.82, 2.24) is 14.9 Å². The molecule has 0 fully saturated rings. The molecule has 1 unspecified atom stereocenters. The van der Waals surface area contributed by atoms with E-state index in [0.717, 1.165) is 11.3 Å². The fourth-order valence-corrected chi connectivity index (χ4v) is 2.93. The summed E-state index contributed by atoms with van der Waals surface area (Å²) in [6, 6.07) is 12.7. The van der Waals surface area contributed by atoms with Crippen LogP contribution in [-0.2, 0) is 4.79 Å². The summed E-state index contributed by atoms with van der Waals surface area (Å²) in [5.41, 5.74) is 3.05. The molecule has 0 radical (unpaired) electrons. The zero-order valence-electron chi connectivity index (χ0n) is 14.7. The maximum Gasteiger partial charge on any atom is 0.262 e. The average molecular weight is 362 g/mol. The highest BCUT2D eigenvalue weighted by Gasteiger charge is 2.18. The Bertz CT molecular complexity index is 981. The van der Waals surface area contributed by atoms with Gasteiger partial charge in [0.25, 0.3) is 11.8 Å². The van der Waals surface area contributed by atoms with Crippen LogP contribution in [0.2, 0.25) is 0 Å². The van der Waals surface area contributed by atoms with Gasteiger partial charge in [0.15, 0.2) is 6.61 Å². The van der Waals surface area contributed by atoms with Crippen LogP contribution < -0.4 is 15.4 Å². The molecular formula is C20H18N4O3. The molecule has 0 spiro atoms. The minimum Gasteiger partial charge on any atom is -0.482 e. The van der Waals surface area contributed by atoms with Crippen LogP contribution in [0.1, 0.15) is 28.9 Å². The fraction of sp³-hybridized carbons (Fsp3) is 0.150. The fourth-order valence-electron chi connectivity index (χ4n) is 2.93. The normalized spacial score (nSPS) is 13.9. The van der Waals surface area contributed by atoms with Gasteiger partial charge in [0.1, 0.15) is 5.75 Å². The van der Waals surface area contributed by atoms with E-state index in [4.69, 9.17) is 4.74 Å². The SMILES string of the molecule is CC(NC(=O)c1ccc2c(c1)OCC(=O)N2)c1ccc(-n2ccnc2)cc1. The number of carbonyl (C=O) groups excluding carboxylic acids is 2. The third kappa shape index (κ3) is 3.52. The molecule has 2 aromatic carbocycles. The van der Waals surface area contributed by atoms with E-state index in [1.165, 1.54) is 0 Å². The van der Waals surface area contributed by atoms with Crippen LogP contribution in [0.15, 0.2) is 61.2 Å². The van der Waals surface area contributed by atoms with Gasteiger partial charge in [0, 0.05) is 23.6 Å². The van der Waals surface area contributed by atoms with Gasteiger partial charge in [-0.3, -0.25) is 9.59 Å². The van der Waals surface area contributed by atoms with Gasteiger partial charge in [-0.25, -0.2) is 4.98 Å². The Labute approximate surface area is 156 Å². The molecule has 3 aromatic rings. The maximum atomic E-state index is 12.6. The van der Waals surface area contributed by atoms with Crippen molar-refractivity contribution >= 4 is 17.5 Å². The first-order valence-corrected chi connectivity index (χ1v) is 8.56. The number of imidazole rings is 1. The minimum absolute atomic E-state index is 0.0439. The molecule has 1 aliphatic rings. The number of anilines is 1. The van der Waals surface area contributed by atoms with E-state index in [1.807, 2.05) is 42.0 Å². The molecule has 0 bridgehead atoms. The highest BCUT2D eigenvalue weighted by Crippen LogP contribution is 2.28. The second-order valence-corrected chi connectivity index (χ2v) is 6.30. The van der Waals surface area contributed by atoms with Crippen LogP contribution in [0.25, 0.3) is 5.69 Å². The van der Waals surface area contributed by atoms with Crippen molar-refractivity contribution in [2.24, 2.45) is 0 Å². The summed E-state index contributed by atoms with van der Waals surface area (Å²) in [4.78, 5) is 27.9. The largest absolute Gasteiger partial charge is 0.482 e. The number of ether oxygens (including phenoxy) is 1. The van der Waals surface area contributed by atoms with E-state index in [2.05, 4.69) is 15.6 Å². The number of fused-ring (bicyclic) bond motifs is 1. The number of hydrogen-bond acceptors (Lipinski definition) is 4. The van der Waals surface area contributed by atoms with Gasteiger partial charge in [0.2, 0.25) is 0 Å². The molecule has 136 valence electrons. The maximum absolute atomic E-state index is 12.6. The minimum atomic E-state index is -0.204. The molecule has 7 heteroatoms. The number of carbonyl (C=O) groups is 2. The van der Waals surface area contributed by atoms with Gasteiger partial charge in [-0.1, -0.05) is 12.1 Å². The summed E-state index contributed by atoms with van der Waals surface area (Å²) in [5, 5.41) is 5.69. The summed E-state index contributed by atoms with van der Waals surface area (Å²) >= 11 is 0. The van der Waals surface area contributed by atoms with E-state index in [1.54, 1.807) is 30.7 Å². The Kier molecular flexibility index (Phi) is 4.33. The first-order valence-electron chi connectivity index (χ1n) is 8.56. The lowest BCUT2D eigenvalue weighted by Gasteiger charge is -2.19. The Morgan fingerprint density at radius 1 is 1.26 bits per heavy atom. The molecule has 2 N–H and O–H groups in total. The second kappa shape index (κ2) is 6.95. The molecule has 2 heterocycles. The van der Waals surface area contributed by atoms with Crippen LogP contribution >= 0.6 is 0 Å². The predicted octanol–water partition coefficient (Wildman–Crippen LogP) is 2.69. The molecule has 2 amide bonds. The van der Waals surface area contributed by atoms with Crippen LogP contribution in [0.3, 0.4) is 0 Å². The summed E-state index contributed by atoms with van der Waals surface area (Å²) in [5.74, 6) is 0.0940. The first kappa shape index (κ1) is 16.8. The molecule has 1 aliphatic heterocycles. The molecule has 0 aliphatic carbocycles. The van der Waals surface area contributed by atoms with E-state index < -0.39 is 0 Å². The lowest BCUT2D eigenvalue weighted by atomic mass is 10.1. The number of rotatable bonds is 4. The first-order chi connectivity index (χ1) is 13.1. The molecule has 7 nitrogen and oxygen atoms in total. The zero-order valence-corrected chi connectivity index (χ0v) is 14.7. The Hall–Kier alpha value is -3.61. The summed E-state index contributed by atoms with van der Waals surface area (Å²) in [6.07, 6.45) is 5.34. The van der Waals surface area contributed by atoms with Gasteiger partial charge < -0.3 is 19.9 Å². The van der Waals surface area contributed by atoms with Gasteiger partial charge in [-0.2, -0.15) is 0 Å². The lowest BCUT2D eigenvalue weighted by molar-refractivity contribution is -0.118. The third-order valence-corrected chi connectivity index (χ3v) is 4.42. The number of nitrogens with one attached hydrogen (secondary N) is 2. The van der Waals surface area contributed by atoms with E-state index in [0.29, 0.717) is 17.0 Å². The number of benzene rings is 2. The van der Waals surface area contributed by atoms with Crippen molar-refractivity contribution in [1.29, 1.82) is 0 Å². The summed E-state index contributed by atoms with van der Waals surface area (Å²) in [6.45, 7) is 1.89. The summed E-state index contributed by atoms with van der Waals surface area (Å²) < 4.78 is 7.28. The highest BCUT2D eigenvalue weighted by atomic mass is 16.5. The average Bonchev–Trinajstić information content (AvgIpc) is 3.22. The second-order valence-electron chi connectivity index (χ2n) is 6.30. The molecule has 1 aromatic heterocycles. The predicted molar refractivity (Wildman–Crippen MR) is 100 cm³/mol. The Morgan fingerprint density at radius 3 is 2.81 bits per heavy atom. The molecular weight excluding hydrogens is 344 g/mol. The smallest absolute Gasteiger partial charge is 0.262 e. The third-order valence-electron chi connectivity index (χ3n) is 4.42. The van der Waals surface area contributed by atoms with Crippen molar-refractivity contribution in [3.05, 3.63) is 72.3 Å². The standard InChI is InChI=1S/C20H18N4O3/c1-13(14-2-5-16(6-3-14)24-9-8-21-12-24)22-20(26)15-4-7-17-18(10-15)27-11-19(25)23-17/h2-10,12-13H,11H2,1H3,(H,22,26)(H,23,25). The van der Waals surface area contributed by atoms with Crippen molar-refractivity contribution < 1.29 is 14.3 Å². The monoisotopic (exact) mass is 362 g/mol. The Morgan fingerprint density at radius 2 is 2.07 bits per heavy atom. The number of amides is 2. The molecule has 0 saturated carbocycles. The quantitative estimate of drug-likeness (QED) is 0.747. The Balaban J connectivity index is 1.45. The molecule has 0 saturated heterocycles.